The van der Waals surface area contributed by atoms with E-state index < -0.39 is 16.1 Å². The van der Waals surface area contributed by atoms with Crippen LogP contribution in [0.25, 0.3) is 6.08 Å². The van der Waals surface area contributed by atoms with Gasteiger partial charge >= 0.3 is 0 Å². The Labute approximate surface area is 199 Å². The van der Waals surface area contributed by atoms with Gasteiger partial charge < -0.3 is 19.3 Å². The molecule has 34 heavy (non-hydrogen) atoms. The molecule has 1 atom stereocenters. The summed E-state index contributed by atoms with van der Waals surface area (Å²) in [4.78, 5) is 28.6. The van der Waals surface area contributed by atoms with Crippen molar-refractivity contribution in [3.05, 3.63) is 65.6 Å². The highest BCUT2D eigenvalue weighted by atomic mass is 32.2. The summed E-state index contributed by atoms with van der Waals surface area (Å²) in [6.45, 7) is 1.69. The number of nitrogens with zero attached hydrogens (tertiary/aromatic N) is 2. The summed E-state index contributed by atoms with van der Waals surface area (Å²) in [5.41, 5.74) is 0.769. The number of carbonyl (C=O) groups excluding carboxylic acids is 2. The molecular weight excluding hydrogens is 458 g/mol. The molecule has 0 saturated carbocycles. The molecule has 0 aliphatic carbocycles. The lowest BCUT2D eigenvalue weighted by Gasteiger charge is -2.37. The molecule has 1 N–H and O–H groups in total. The van der Waals surface area contributed by atoms with Gasteiger partial charge in [0.1, 0.15) is 6.61 Å². The number of nitrogens with one attached hydrogen (secondary N) is 1. The number of amides is 2. The number of carbonyl (C=O) groups is 2. The first-order chi connectivity index (χ1) is 16.4. The van der Waals surface area contributed by atoms with Crippen LogP contribution in [0.15, 0.2) is 60.0 Å². The third-order valence-corrected chi connectivity index (χ3v) is 6.71. The van der Waals surface area contributed by atoms with E-state index in [9.17, 15) is 18.0 Å². The van der Waals surface area contributed by atoms with Crippen molar-refractivity contribution in [1.29, 1.82) is 0 Å². The van der Waals surface area contributed by atoms with Gasteiger partial charge in [0.2, 0.25) is 22.0 Å². The Kier molecular flexibility index (Phi) is 7.49. The third kappa shape index (κ3) is 6.15. The Morgan fingerprint density at radius 3 is 2.32 bits per heavy atom. The molecule has 2 aliphatic rings. The Balaban J connectivity index is 1.19. The zero-order valence-corrected chi connectivity index (χ0v) is 19.4. The van der Waals surface area contributed by atoms with Crippen molar-refractivity contribution in [2.24, 2.45) is 0 Å². The number of para-hydroxylation sites is 2. The lowest BCUT2D eigenvalue weighted by atomic mass is 10.2. The van der Waals surface area contributed by atoms with E-state index in [1.165, 1.54) is 6.08 Å². The van der Waals surface area contributed by atoms with Crippen LogP contribution in [0.1, 0.15) is 12.0 Å². The van der Waals surface area contributed by atoms with E-state index in [1.807, 2.05) is 30.3 Å². The lowest BCUT2D eigenvalue weighted by Crippen LogP contribution is -2.55. The molecule has 2 aromatic rings. The van der Waals surface area contributed by atoms with Crippen LogP contribution in [0.2, 0.25) is 0 Å². The van der Waals surface area contributed by atoms with E-state index in [0.29, 0.717) is 37.7 Å². The summed E-state index contributed by atoms with van der Waals surface area (Å²) in [5, 5.41) is 1.09. The van der Waals surface area contributed by atoms with Gasteiger partial charge in [-0.3, -0.25) is 9.59 Å². The second kappa shape index (κ2) is 10.7. The Morgan fingerprint density at radius 2 is 1.59 bits per heavy atom. The van der Waals surface area contributed by atoms with Gasteiger partial charge in [-0.15, -0.1) is 0 Å². The molecule has 2 amide bonds. The highest BCUT2D eigenvalue weighted by molar-refractivity contribution is 7.92. The van der Waals surface area contributed by atoms with Crippen LogP contribution in [0.4, 0.5) is 0 Å². The molecule has 2 heterocycles. The molecule has 0 spiro atoms. The second-order valence-electron chi connectivity index (χ2n) is 7.97. The first-order valence-electron chi connectivity index (χ1n) is 11.1. The van der Waals surface area contributed by atoms with E-state index >= 15 is 0 Å². The second-order valence-corrected chi connectivity index (χ2v) is 9.62. The average Bonchev–Trinajstić information content (AvgIpc) is 2.87. The molecule has 0 bridgehead atoms. The predicted molar refractivity (Wildman–Crippen MR) is 127 cm³/mol. The van der Waals surface area contributed by atoms with Gasteiger partial charge in [-0.25, -0.2) is 13.1 Å². The summed E-state index contributed by atoms with van der Waals surface area (Å²) < 4.78 is 38.1. The van der Waals surface area contributed by atoms with E-state index in [2.05, 4.69) is 4.72 Å². The fraction of sp³-hybridized carbons (Fsp3) is 0.333. The molecule has 4 rings (SSSR count). The Morgan fingerprint density at radius 1 is 0.941 bits per heavy atom. The summed E-state index contributed by atoms with van der Waals surface area (Å²) >= 11 is 0. The number of rotatable bonds is 7. The fourth-order valence-corrected chi connectivity index (χ4v) is 4.58. The van der Waals surface area contributed by atoms with Crippen LogP contribution in [-0.2, 0) is 19.6 Å². The highest BCUT2D eigenvalue weighted by Crippen LogP contribution is 2.31. The molecule has 1 fully saturated rings. The van der Waals surface area contributed by atoms with Crippen molar-refractivity contribution < 1.29 is 27.5 Å². The SMILES string of the molecule is O=C(CCNS(=O)(=O)C=Cc1ccccc1)N1CCN(C(=O)C2COc3ccccc3O2)CC1. The van der Waals surface area contributed by atoms with Gasteiger partial charge in [0.25, 0.3) is 5.91 Å². The number of fused-ring (bicyclic) bond motifs is 1. The maximum Gasteiger partial charge on any atom is 0.267 e. The first-order valence-corrected chi connectivity index (χ1v) is 12.6. The zero-order chi connectivity index (χ0) is 24.0. The minimum atomic E-state index is -3.64. The summed E-state index contributed by atoms with van der Waals surface area (Å²) in [5.74, 6) is 0.836. The summed E-state index contributed by atoms with van der Waals surface area (Å²) in [7, 11) is -3.64. The average molecular weight is 486 g/mol. The van der Waals surface area contributed by atoms with Crippen LogP contribution in [0, 0.1) is 0 Å². The minimum absolute atomic E-state index is 0.00605. The topological polar surface area (TPSA) is 105 Å². The lowest BCUT2D eigenvalue weighted by molar-refractivity contribution is -0.146. The van der Waals surface area contributed by atoms with Gasteiger partial charge in [-0.05, 0) is 23.8 Å². The number of ether oxygens (including phenoxy) is 2. The highest BCUT2D eigenvalue weighted by Gasteiger charge is 2.33. The molecule has 2 aromatic carbocycles. The van der Waals surface area contributed by atoms with E-state index in [0.717, 1.165) is 11.0 Å². The van der Waals surface area contributed by atoms with E-state index in [-0.39, 0.29) is 31.4 Å². The van der Waals surface area contributed by atoms with Crippen molar-refractivity contribution in [3.63, 3.8) is 0 Å². The zero-order valence-electron chi connectivity index (χ0n) is 18.6. The van der Waals surface area contributed by atoms with Crippen molar-refractivity contribution in [3.8, 4) is 11.5 Å². The molecule has 10 heteroatoms. The first kappa shape index (κ1) is 23.8. The molecule has 1 saturated heterocycles. The van der Waals surface area contributed by atoms with Gasteiger partial charge in [0.15, 0.2) is 11.5 Å². The van der Waals surface area contributed by atoms with Crippen molar-refractivity contribution in [1.82, 2.24) is 14.5 Å². The molecule has 1 unspecified atom stereocenters. The van der Waals surface area contributed by atoms with Gasteiger partial charge in [0.05, 0.1) is 0 Å². The van der Waals surface area contributed by atoms with Crippen molar-refractivity contribution in [2.75, 3.05) is 39.3 Å². The number of piperazine rings is 1. The third-order valence-electron chi connectivity index (χ3n) is 5.61. The number of benzene rings is 2. The van der Waals surface area contributed by atoms with Crippen LogP contribution >= 0.6 is 0 Å². The fourth-order valence-electron chi connectivity index (χ4n) is 3.76. The molecular formula is C24H27N3O6S. The van der Waals surface area contributed by atoms with Crippen LogP contribution in [0.3, 0.4) is 0 Å². The van der Waals surface area contributed by atoms with Crippen LogP contribution in [0.5, 0.6) is 11.5 Å². The summed E-state index contributed by atoms with van der Waals surface area (Å²) in [6, 6.07) is 16.3. The largest absolute Gasteiger partial charge is 0.485 e. The van der Waals surface area contributed by atoms with Gasteiger partial charge in [-0.2, -0.15) is 0 Å². The van der Waals surface area contributed by atoms with Gasteiger partial charge in [0, 0.05) is 44.6 Å². The number of sulfonamides is 1. The smallest absolute Gasteiger partial charge is 0.267 e. The Bertz CT molecular complexity index is 1140. The van der Waals surface area contributed by atoms with Gasteiger partial charge in [-0.1, -0.05) is 42.5 Å². The van der Waals surface area contributed by atoms with Crippen LogP contribution in [-0.4, -0.2) is 75.5 Å². The van der Waals surface area contributed by atoms with Crippen molar-refractivity contribution >= 4 is 27.9 Å². The predicted octanol–water partition coefficient (Wildman–Crippen LogP) is 1.48. The molecule has 9 nitrogen and oxygen atoms in total. The maximum absolute atomic E-state index is 12.8. The maximum atomic E-state index is 12.8. The van der Waals surface area contributed by atoms with Crippen LogP contribution < -0.4 is 14.2 Å². The Hall–Kier alpha value is -3.37. The normalized spacial score (nSPS) is 18.2. The monoisotopic (exact) mass is 485 g/mol. The minimum Gasteiger partial charge on any atom is -0.485 e. The van der Waals surface area contributed by atoms with Crippen molar-refractivity contribution in [2.45, 2.75) is 12.5 Å². The molecule has 180 valence electrons. The molecule has 0 radical (unpaired) electrons. The molecule has 2 aliphatic heterocycles. The quantitative estimate of drug-likeness (QED) is 0.637. The van der Waals surface area contributed by atoms with E-state index in [1.54, 1.807) is 34.1 Å². The number of hydrogen-bond donors (Lipinski definition) is 1. The number of hydrogen-bond acceptors (Lipinski definition) is 6. The summed E-state index contributed by atoms with van der Waals surface area (Å²) in [6.07, 6.45) is 0.832. The molecule has 0 aromatic heterocycles. The standard InChI is InChI=1S/C24H27N3O6S/c28-23(10-12-25-34(30,31)17-11-19-6-2-1-3-7-19)26-13-15-27(16-14-26)24(29)22-18-32-20-8-4-5-9-21(20)33-22/h1-9,11,17,22,25H,10,12-16,18H2. The van der Waals surface area contributed by atoms with E-state index in [4.69, 9.17) is 9.47 Å².